The van der Waals surface area contributed by atoms with Crippen molar-refractivity contribution in [1.29, 1.82) is 0 Å². The molecule has 0 fully saturated rings. The summed E-state index contributed by atoms with van der Waals surface area (Å²) in [6.07, 6.45) is 2.38. The van der Waals surface area contributed by atoms with Gasteiger partial charge in [0.25, 0.3) is 10.0 Å². The van der Waals surface area contributed by atoms with E-state index in [4.69, 9.17) is 0 Å². The van der Waals surface area contributed by atoms with Crippen molar-refractivity contribution in [3.8, 4) is 0 Å². The Morgan fingerprint density at radius 3 is 2.63 bits per heavy atom. The van der Waals surface area contributed by atoms with Gasteiger partial charge in [-0.15, -0.1) is 0 Å². The molecule has 7 heteroatoms. The molecule has 0 atom stereocenters. The van der Waals surface area contributed by atoms with Crippen molar-refractivity contribution in [2.45, 2.75) is 24.3 Å². The van der Waals surface area contributed by atoms with Gasteiger partial charge >= 0.3 is 0 Å². The van der Waals surface area contributed by atoms with Crippen LogP contribution in [0.3, 0.4) is 0 Å². The zero-order valence-electron chi connectivity index (χ0n) is 14.6. The number of pyridine rings is 1. The maximum atomic E-state index is 12.9. The second kappa shape index (κ2) is 7.00. The molecule has 1 amide bonds. The van der Waals surface area contributed by atoms with Gasteiger partial charge in [-0.1, -0.05) is 30.3 Å². The molecule has 27 heavy (non-hydrogen) atoms. The summed E-state index contributed by atoms with van der Waals surface area (Å²) in [4.78, 5) is 16.6. The molecule has 6 nitrogen and oxygen atoms in total. The summed E-state index contributed by atoms with van der Waals surface area (Å²) in [5, 5.41) is 4.48. The molecule has 0 saturated carbocycles. The summed E-state index contributed by atoms with van der Waals surface area (Å²) >= 11 is 0. The Balaban J connectivity index is 1.41. The number of rotatable bonds is 6. The lowest BCUT2D eigenvalue weighted by Gasteiger charge is -2.18. The highest BCUT2D eigenvalue weighted by atomic mass is 32.2. The van der Waals surface area contributed by atoms with Gasteiger partial charge < -0.3 is 5.32 Å². The van der Waals surface area contributed by atoms with Crippen LogP contribution in [0.4, 0.5) is 5.69 Å². The van der Waals surface area contributed by atoms with Crippen LogP contribution in [0, 0.1) is 0 Å². The SMILES string of the molecule is O=C(CCCN1c2cccc3cccc(c23)S1(=O)=O)NCc1ccccn1. The third-order valence-corrected chi connectivity index (χ3v) is 6.49. The Kier molecular flexibility index (Phi) is 4.53. The van der Waals surface area contributed by atoms with E-state index in [-0.39, 0.29) is 18.9 Å². The number of aromatic nitrogens is 1. The Morgan fingerprint density at radius 1 is 1.04 bits per heavy atom. The predicted octanol–water partition coefficient (Wildman–Crippen LogP) is 2.84. The molecule has 1 aromatic heterocycles. The van der Waals surface area contributed by atoms with Gasteiger partial charge in [0, 0.05) is 24.5 Å². The number of anilines is 1. The van der Waals surface area contributed by atoms with Gasteiger partial charge in [-0.3, -0.25) is 14.1 Å². The standard InChI is InChI=1S/C20H19N3O3S/c24-19(22-14-16-8-1-2-12-21-16)11-5-13-23-17-9-3-6-15-7-4-10-18(20(15)17)27(23,25)26/h1-4,6-10,12H,5,11,13-14H2,(H,22,24). The third kappa shape index (κ3) is 3.26. The number of hydrogen-bond acceptors (Lipinski definition) is 4. The molecule has 4 rings (SSSR count). The molecule has 0 spiro atoms. The molecule has 0 unspecified atom stereocenters. The predicted molar refractivity (Wildman–Crippen MR) is 104 cm³/mol. The Bertz CT molecular complexity index is 1090. The van der Waals surface area contributed by atoms with Gasteiger partial charge in [0.2, 0.25) is 5.91 Å². The zero-order valence-corrected chi connectivity index (χ0v) is 15.4. The minimum absolute atomic E-state index is 0.118. The first-order valence-corrected chi connectivity index (χ1v) is 10.2. The highest BCUT2D eigenvalue weighted by Gasteiger charge is 2.34. The highest BCUT2D eigenvalue weighted by Crippen LogP contribution is 2.41. The van der Waals surface area contributed by atoms with E-state index in [1.807, 2.05) is 42.5 Å². The largest absolute Gasteiger partial charge is 0.350 e. The number of sulfonamides is 1. The Labute approximate surface area is 157 Å². The second-order valence-corrected chi connectivity index (χ2v) is 8.24. The van der Waals surface area contributed by atoms with Crippen molar-refractivity contribution >= 4 is 32.4 Å². The van der Waals surface area contributed by atoms with Crippen LogP contribution in [0.25, 0.3) is 10.8 Å². The molecule has 0 aliphatic carbocycles. The highest BCUT2D eigenvalue weighted by molar-refractivity contribution is 7.93. The lowest BCUT2D eigenvalue weighted by molar-refractivity contribution is -0.121. The maximum Gasteiger partial charge on any atom is 0.265 e. The number of hydrogen-bond donors (Lipinski definition) is 1. The first-order valence-electron chi connectivity index (χ1n) is 8.78. The van der Waals surface area contributed by atoms with E-state index in [1.165, 1.54) is 4.31 Å². The molecule has 1 N–H and O–H groups in total. The van der Waals surface area contributed by atoms with Crippen molar-refractivity contribution < 1.29 is 13.2 Å². The molecular formula is C20H19N3O3S. The van der Waals surface area contributed by atoms with Crippen LogP contribution in [-0.2, 0) is 21.4 Å². The van der Waals surface area contributed by atoms with E-state index in [2.05, 4.69) is 10.3 Å². The van der Waals surface area contributed by atoms with Gasteiger partial charge in [0.1, 0.15) is 0 Å². The number of carbonyl (C=O) groups is 1. The van der Waals surface area contributed by atoms with Crippen LogP contribution < -0.4 is 9.62 Å². The lowest BCUT2D eigenvalue weighted by atomic mass is 10.1. The van der Waals surface area contributed by atoms with Crippen LogP contribution in [0.1, 0.15) is 18.5 Å². The van der Waals surface area contributed by atoms with Crippen LogP contribution >= 0.6 is 0 Å². The van der Waals surface area contributed by atoms with Crippen molar-refractivity contribution in [1.82, 2.24) is 10.3 Å². The monoisotopic (exact) mass is 381 g/mol. The fourth-order valence-corrected chi connectivity index (χ4v) is 5.11. The van der Waals surface area contributed by atoms with Gasteiger partial charge in [0.05, 0.1) is 22.8 Å². The normalized spacial score (nSPS) is 14.4. The Hall–Kier alpha value is -2.93. The summed E-state index contributed by atoms with van der Waals surface area (Å²) in [5.41, 5.74) is 1.48. The third-order valence-electron chi connectivity index (χ3n) is 4.64. The minimum Gasteiger partial charge on any atom is -0.350 e. The lowest BCUT2D eigenvalue weighted by Crippen LogP contribution is -2.30. The first-order chi connectivity index (χ1) is 13.1. The van der Waals surface area contributed by atoms with Crippen LogP contribution in [-0.4, -0.2) is 25.9 Å². The minimum atomic E-state index is -3.56. The summed E-state index contributed by atoms with van der Waals surface area (Å²) < 4.78 is 27.2. The number of carbonyl (C=O) groups excluding carboxylic acids is 1. The summed E-state index contributed by atoms with van der Waals surface area (Å²) in [5.74, 6) is -0.118. The van der Waals surface area contributed by atoms with Crippen LogP contribution in [0.15, 0.2) is 65.7 Å². The molecule has 0 bridgehead atoms. The van der Waals surface area contributed by atoms with Gasteiger partial charge in [-0.05, 0) is 36.1 Å². The van der Waals surface area contributed by atoms with E-state index >= 15 is 0 Å². The molecule has 1 aliphatic rings. The molecule has 1 aliphatic heterocycles. The fraction of sp³-hybridized carbons (Fsp3) is 0.200. The van der Waals surface area contributed by atoms with Gasteiger partial charge in [0.15, 0.2) is 0 Å². The van der Waals surface area contributed by atoms with Crippen LogP contribution in [0.5, 0.6) is 0 Å². The van der Waals surface area contributed by atoms with Gasteiger partial charge in [-0.25, -0.2) is 8.42 Å². The smallest absolute Gasteiger partial charge is 0.265 e. The molecular weight excluding hydrogens is 362 g/mol. The first kappa shape index (κ1) is 17.5. The average Bonchev–Trinajstić information content (AvgIpc) is 2.90. The average molecular weight is 381 g/mol. The summed E-state index contributed by atoms with van der Waals surface area (Å²) in [7, 11) is -3.56. The summed E-state index contributed by atoms with van der Waals surface area (Å²) in [6.45, 7) is 0.638. The van der Waals surface area contributed by atoms with Gasteiger partial charge in [-0.2, -0.15) is 0 Å². The van der Waals surface area contributed by atoms with Crippen molar-refractivity contribution in [2.24, 2.45) is 0 Å². The second-order valence-electron chi connectivity index (χ2n) is 6.41. The van der Waals surface area contributed by atoms with Crippen molar-refractivity contribution in [3.05, 3.63) is 66.5 Å². The van der Waals surface area contributed by atoms with E-state index in [1.54, 1.807) is 18.3 Å². The number of nitrogens with zero attached hydrogens (tertiary/aromatic N) is 2. The quantitative estimate of drug-likeness (QED) is 0.712. The molecule has 138 valence electrons. The van der Waals surface area contributed by atoms with E-state index < -0.39 is 10.0 Å². The fourth-order valence-electron chi connectivity index (χ4n) is 3.36. The number of benzene rings is 2. The number of nitrogens with one attached hydrogen (secondary N) is 1. The Morgan fingerprint density at radius 2 is 1.85 bits per heavy atom. The van der Waals surface area contributed by atoms with Crippen molar-refractivity contribution in [2.75, 3.05) is 10.8 Å². The molecule has 2 aromatic carbocycles. The summed E-state index contributed by atoms with van der Waals surface area (Å²) in [6, 6.07) is 16.4. The molecule has 2 heterocycles. The van der Waals surface area contributed by atoms with Crippen molar-refractivity contribution in [3.63, 3.8) is 0 Å². The van der Waals surface area contributed by atoms with E-state index in [0.29, 0.717) is 23.5 Å². The zero-order chi connectivity index (χ0) is 18.9. The van der Waals surface area contributed by atoms with Crippen LogP contribution in [0.2, 0.25) is 0 Å². The molecule has 0 saturated heterocycles. The number of amides is 1. The molecule has 0 radical (unpaired) electrons. The van der Waals surface area contributed by atoms with E-state index in [9.17, 15) is 13.2 Å². The topological polar surface area (TPSA) is 79.4 Å². The maximum absolute atomic E-state index is 12.9. The van der Waals surface area contributed by atoms with E-state index in [0.717, 1.165) is 16.5 Å². The molecule has 3 aromatic rings.